The molecule has 1 aliphatic rings. The van der Waals surface area contributed by atoms with Gasteiger partial charge in [0.2, 0.25) is 0 Å². The number of nitro benzene ring substituents is 1. The first-order valence-electron chi connectivity index (χ1n) is 6.39. The van der Waals surface area contributed by atoms with Gasteiger partial charge in [-0.05, 0) is 30.5 Å². The Morgan fingerprint density at radius 3 is 2.45 bits per heavy atom. The van der Waals surface area contributed by atoms with Crippen molar-refractivity contribution in [3.8, 4) is 6.07 Å². The number of nitro groups is 1. The summed E-state index contributed by atoms with van der Waals surface area (Å²) in [5.74, 6) is -0.490. The molecule has 0 N–H and O–H groups in total. The molecule has 20 heavy (non-hydrogen) atoms. The molecule has 0 atom stereocenters. The first-order chi connectivity index (χ1) is 9.57. The van der Waals surface area contributed by atoms with E-state index in [0.29, 0.717) is 18.4 Å². The van der Waals surface area contributed by atoms with Gasteiger partial charge in [0.1, 0.15) is 6.61 Å². The van der Waals surface area contributed by atoms with Crippen LogP contribution in [0.3, 0.4) is 0 Å². The van der Waals surface area contributed by atoms with Crippen molar-refractivity contribution >= 4 is 11.7 Å². The zero-order chi connectivity index (χ0) is 14.6. The maximum absolute atomic E-state index is 12.0. The molecule has 0 saturated heterocycles. The highest BCUT2D eigenvalue weighted by Crippen LogP contribution is 2.38. The second-order valence-electron chi connectivity index (χ2n) is 4.90. The average molecular weight is 274 g/mol. The highest BCUT2D eigenvalue weighted by atomic mass is 16.6. The van der Waals surface area contributed by atoms with Crippen LogP contribution in [-0.4, -0.2) is 10.9 Å². The van der Waals surface area contributed by atoms with E-state index in [1.165, 1.54) is 12.1 Å². The lowest BCUT2D eigenvalue weighted by Gasteiger charge is -2.18. The van der Waals surface area contributed by atoms with Crippen LogP contribution in [0, 0.1) is 26.9 Å². The number of nitrogens with zero attached hydrogens (tertiary/aromatic N) is 2. The van der Waals surface area contributed by atoms with Gasteiger partial charge in [-0.3, -0.25) is 14.9 Å². The first kappa shape index (κ1) is 14.0. The molecule has 0 unspecified atom stereocenters. The van der Waals surface area contributed by atoms with Crippen molar-refractivity contribution in [2.45, 2.75) is 32.3 Å². The third-order valence-electron chi connectivity index (χ3n) is 3.58. The number of non-ortho nitro benzene ring substituents is 1. The Morgan fingerprint density at radius 1 is 1.35 bits per heavy atom. The van der Waals surface area contributed by atoms with E-state index in [1.54, 1.807) is 12.1 Å². The Kier molecular flexibility index (Phi) is 3.99. The average Bonchev–Trinajstić information content (AvgIpc) is 2.95. The molecule has 1 aromatic carbocycles. The van der Waals surface area contributed by atoms with Gasteiger partial charge in [-0.1, -0.05) is 12.8 Å². The van der Waals surface area contributed by atoms with Gasteiger partial charge in [-0.25, -0.2) is 0 Å². The number of benzene rings is 1. The molecular weight excluding hydrogens is 260 g/mol. The van der Waals surface area contributed by atoms with Gasteiger partial charge >= 0.3 is 5.97 Å². The summed E-state index contributed by atoms with van der Waals surface area (Å²) in [6, 6.07) is 7.88. The summed E-state index contributed by atoms with van der Waals surface area (Å²) in [6.45, 7) is 0.0280. The molecule has 1 aliphatic carbocycles. The first-order valence-corrected chi connectivity index (χ1v) is 6.39. The van der Waals surface area contributed by atoms with Crippen LogP contribution in [0.2, 0.25) is 0 Å². The molecule has 0 radical (unpaired) electrons. The summed E-state index contributed by atoms with van der Waals surface area (Å²) in [5.41, 5.74) is -0.347. The Bertz CT molecular complexity index is 554. The summed E-state index contributed by atoms with van der Waals surface area (Å²) >= 11 is 0. The summed E-state index contributed by atoms with van der Waals surface area (Å²) in [4.78, 5) is 22.0. The van der Waals surface area contributed by atoms with Crippen LogP contribution in [0.4, 0.5) is 5.69 Å². The van der Waals surface area contributed by atoms with Crippen LogP contribution in [0.1, 0.15) is 31.2 Å². The molecule has 104 valence electrons. The highest BCUT2D eigenvalue weighted by molar-refractivity contribution is 5.80. The standard InChI is InChI=1S/C14H14N2O4/c15-10-14(7-1-2-8-14)13(17)20-9-11-3-5-12(6-4-11)16(18)19/h3-6H,1-2,7-9H2. The smallest absolute Gasteiger partial charge is 0.326 e. The monoisotopic (exact) mass is 274 g/mol. The van der Waals surface area contributed by atoms with Crippen LogP contribution in [0.15, 0.2) is 24.3 Å². The van der Waals surface area contributed by atoms with E-state index in [1.807, 2.05) is 0 Å². The van der Waals surface area contributed by atoms with Crippen molar-refractivity contribution in [2.24, 2.45) is 5.41 Å². The molecule has 0 spiro atoms. The minimum atomic E-state index is -0.999. The van der Waals surface area contributed by atoms with Crippen molar-refractivity contribution in [1.82, 2.24) is 0 Å². The predicted molar refractivity (Wildman–Crippen MR) is 69.4 cm³/mol. The van der Waals surface area contributed by atoms with E-state index in [2.05, 4.69) is 6.07 Å². The lowest BCUT2D eigenvalue weighted by molar-refractivity contribution is -0.384. The zero-order valence-electron chi connectivity index (χ0n) is 10.9. The van der Waals surface area contributed by atoms with Gasteiger partial charge in [0.25, 0.3) is 5.69 Å². The fraction of sp³-hybridized carbons (Fsp3) is 0.429. The van der Waals surface area contributed by atoms with E-state index in [9.17, 15) is 14.9 Å². The SMILES string of the molecule is N#CC1(C(=O)OCc2ccc([N+](=O)[O-])cc2)CCCC1. The number of ether oxygens (including phenoxy) is 1. The topological polar surface area (TPSA) is 93.2 Å². The van der Waals surface area contributed by atoms with Crippen molar-refractivity contribution in [3.05, 3.63) is 39.9 Å². The Balaban J connectivity index is 1.96. The number of carbonyl (C=O) groups excluding carboxylic acids is 1. The molecule has 0 bridgehead atoms. The Hall–Kier alpha value is -2.42. The number of hydrogen-bond acceptors (Lipinski definition) is 5. The Labute approximate surface area is 116 Å². The minimum Gasteiger partial charge on any atom is -0.460 e. The molecule has 0 aromatic heterocycles. The molecule has 1 aromatic rings. The van der Waals surface area contributed by atoms with Gasteiger partial charge in [-0.2, -0.15) is 5.26 Å². The Morgan fingerprint density at radius 2 is 1.95 bits per heavy atom. The summed E-state index contributed by atoms with van der Waals surface area (Å²) in [7, 11) is 0. The fourth-order valence-corrected chi connectivity index (χ4v) is 2.34. The van der Waals surface area contributed by atoms with Gasteiger partial charge in [-0.15, -0.1) is 0 Å². The van der Waals surface area contributed by atoms with Crippen molar-refractivity contribution in [3.63, 3.8) is 0 Å². The summed E-state index contributed by atoms with van der Waals surface area (Å²) < 4.78 is 5.18. The molecule has 6 heteroatoms. The van der Waals surface area contributed by atoms with Gasteiger partial charge in [0.15, 0.2) is 5.41 Å². The molecular formula is C14H14N2O4. The second-order valence-corrected chi connectivity index (χ2v) is 4.90. The van der Waals surface area contributed by atoms with E-state index >= 15 is 0 Å². The quantitative estimate of drug-likeness (QED) is 0.478. The van der Waals surface area contributed by atoms with Crippen molar-refractivity contribution < 1.29 is 14.5 Å². The van der Waals surface area contributed by atoms with E-state index in [-0.39, 0.29) is 12.3 Å². The van der Waals surface area contributed by atoms with Crippen molar-refractivity contribution in [1.29, 1.82) is 5.26 Å². The predicted octanol–water partition coefficient (Wildman–Crippen LogP) is 2.72. The minimum absolute atomic E-state index is 0.00985. The normalized spacial score (nSPS) is 16.4. The maximum atomic E-state index is 12.0. The van der Waals surface area contributed by atoms with Crippen LogP contribution < -0.4 is 0 Å². The third-order valence-corrected chi connectivity index (χ3v) is 3.58. The molecule has 0 aliphatic heterocycles. The largest absolute Gasteiger partial charge is 0.460 e. The number of rotatable bonds is 4. The molecule has 0 heterocycles. The summed E-state index contributed by atoms with van der Waals surface area (Å²) in [5, 5.41) is 19.7. The molecule has 2 rings (SSSR count). The highest BCUT2D eigenvalue weighted by Gasteiger charge is 2.43. The lowest BCUT2D eigenvalue weighted by atomic mass is 9.88. The van der Waals surface area contributed by atoms with Gasteiger partial charge < -0.3 is 4.74 Å². The number of esters is 1. The van der Waals surface area contributed by atoms with Crippen LogP contribution in [0.5, 0.6) is 0 Å². The molecule has 1 fully saturated rings. The molecule has 6 nitrogen and oxygen atoms in total. The molecule has 0 amide bonds. The second kappa shape index (κ2) is 5.70. The fourth-order valence-electron chi connectivity index (χ4n) is 2.34. The van der Waals surface area contributed by atoms with Gasteiger partial charge in [0, 0.05) is 12.1 Å². The van der Waals surface area contributed by atoms with E-state index < -0.39 is 16.3 Å². The number of carbonyl (C=O) groups is 1. The lowest BCUT2D eigenvalue weighted by Crippen LogP contribution is -2.28. The third kappa shape index (κ3) is 2.77. The van der Waals surface area contributed by atoms with Crippen LogP contribution in [0.25, 0.3) is 0 Å². The number of hydrogen-bond donors (Lipinski definition) is 0. The van der Waals surface area contributed by atoms with Crippen LogP contribution in [-0.2, 0) is 16.1 Å². The maximum Gasteiger partial charge on any atom is 0.326 e. The van der Waals surface area contributed by atoms with Crippen LogP contribution >= 0.6 is 0 Å². The van der Waals surface area contributed by atoms with Gasteiger partial charge in [0.05, 0.1) is 11.0 Å². The zero-order valence-corrected chi connectivity index (χ0v) is 10.9. The number of nitriles is 1. The van der Waals surface area contributed by atoms with E-state index in [0.717, 1.165) is 12.8 Å². The summed E-state index contributed by atoms with van der Waals surface area (Å²) in [6.07, 6.45) is 2.81. The molecule has 1 saturated carbocycles. The van der Waals surface area contributed by atoms with E-state index in [4.69, 9.17) is 10.00 Å². The van der Waals surface area contributed by atoms with Crippen molar-refractivity contribution in [2.75, 3.05) is 0 Å².